The Morgan fingerprint density at radius 1 is 1.19 bits per heavy atom. The normalized spacial score (nSPS) is 10.2. The summed E-state index contributed by atoms with van der Waals surface area (Å²) in [6, 6.07) is 13.8. The number of nitro benzene ring substituents is 1. The maximum atomic E-state index is 11.9. The molecular weight excluding hydrogens is 356 g/mol. The molecule has 2 rings (SSSR count). The number of carbonyl (C=O) groups is 2. The number of methoxy groups -OCH3 is 1. The zero-order valence-electron chi connectivity index (χ0n) is 14.1. The van der Waals surface area contributed by atoms with Crippen LogP contribution in [0.5, 0.6) is 0 Å². The van der Waals surface area contributed by atoms with E-state index in [0.717, 1.165) is 23.4 Å². The van der Waals surface area contributed by atoms with Gasteiger partial charge in [0.1, 0.15) is 0 Å². The van der Waals surface area contributed by atoms with Crippen LogP contribution in [0.4, 0.5) is 5.69 Å². The molecule has 0 aliphatic carbocycles. The number of ether oxygens (including phenoxy) is 1. The smallest absolute Gasteiger partial charge is 0.338 e. The van der Waals surface area contributed by atoms with E-state index in [1.807, 2.05) is 30.3 Å². The Hall–Kier alpha value is -2.87. The number of hydrogen-bond acceptors (Lipinski definition) is 6. The molecule has 0 unspecified atom stereocenters. The van der Waals surface area contributed by atoms with Crippen molar-refractivity contribution in [3.63, 3.8) is 0 Å². The second-order valence-electron chi connectivity index (χ2n) is 5.31. The van der Waals surface area contributed by atoms with Gasteiger partial charge in [-0.25, -0.2) is 4.79 Å². The van der Waals surface area contributed by atoms with E-state index in [2.05, 4.69) is 10.1 Å². The fraction of sp³-hybridized carbons (Fsp3) is 0.222. The first-order valence-corrected chi connectivity index (χ1v) is 8.80. The van der Waals surface area contributed by atoms with Gasteiger partial charge in [0.25, 0.3) is 5.69 Å². The highest BCUT2D eigenvalue weighted by atomic mass is 32.2. The minimum atomic E-state index is -0.650. The third-order valence-electron chi connectivity index (χ3n) is 3.51. The number of nitrogens with zero attached hydrogens (tertiary/aromatic N) is 1. The Balaban J connectivity index is 1.90. The predicted octanol–water partition coefficient (Wildman–Crippen LogP) is 2.83. The van der Waals surface area contributed by atoms with E-state index in [0.29, 0.717) is 17.9 Å². The number of rotatable bonds is 8. The average Bonchev–Trinajstić information content (AvgIpc) is 2.66. The lowest BCUT2D eigenvalue weighted by Crippen LogP contribution is -2.27. The molecule has 0 aromatic heterocycles. The highest BCUT2D eigenvalue weighted by Gasteiger charge is 2.19. The summed E-state index contributed by atoms with van der Waals surface area (Å²) in [5, 5.41) is 14.0. The molecular formula is C18H18N2O5S. The second kappa shape index (κ2) is 9.57. The number of thioether (sulfide) groups is 1. The standard InChI is InChI=1S/C18H18N2O5S/c1-25-18(22)14-7-8-16(15(11-14)20(23)24)26-12-17(21)19-10-9-13-5-3-2-4-6-13/h2-8,11H,9-10,12H2,1H3,(H,19,21). The molecule has 8 heteroatoms. The number of hydrogen-bond donors (Lipinski definition) is 1. The number of esters is 1. The van der Waals surface area contributed by atoms with Crippen LogP contribution in [0.15, 0.2) is 53.4 Å². The van der Waals surface area contributed by atoms with Crippen LogP contribution >= 0.6 is 11.8 Å². The molecule has 0 heterocycles. The van der Waals surface area contributed by atoms with Gasteiger partial charge in [-0.1, -0.05) is 30.3 Å². The zero-order chi connectivity index (χ0) is 18.9. The molecule has 1 N–H and O–H groups in total. The second-order valence-corrected chi connectivity index (χ2v) is 6.32. The predicted molar refractivity (Wildman–Crippen MR) is 98.3 cm³/mol. The van der Waals surface area contributed by atoms with Crippen LogP contribution in [0.25, 0.3) is 0 Å². The fourth-order valence-electron chi connectivity index (χ4n) is 2.21. The van der Waals surface area contributed by atoms with Crippen LogP contribution in [-0.4, -0.2) is 36.2 Å². The molecule has 2 aromatic carbocycles. The van der Waals surface area contributed by atoms with Crippen molar-refractivity contribution in [2.24, 2.45) is 0 Å². The van der Waals surface area contributed by atoms with Gasteiger partial charge < -0.3 is 10.1 Å². The van der Waals surface area contributed by atoms with Crippen LogP contribution in [0.2, 0.25) is 0 Å². The number of nitro groups is 1. The molecule has 26 heavy (non-hydrogen) atoms. The van der Waals surface area contributed by atoms with E-state index in [4.69, 9.17) is 0 Å². The van der Waals surface area contributed by atoms with Crippen LogP contribution in [0.1, 0.15) is 15.9 Å². The summed E-state index contributed by atoms with van der Waals surface area (Å²) >= 11 is 1.05. The highest BCUT2D eigenvalue weighted by molar-refractivity contribution is 8.00. The Labute approximate surface area is 154 Å². The lowest BCUT2D eigenvalue weighted by atomic mass is 10.1. The zero-order valence-corrected chi connectivity index (χ0v) is 15.0. The van der Waals surface area contributed by atoms with E-state index in [1.54, 1.807) is 0 Å². The Morgan fingerprint density at radius 2 is 1.92 bits per heavy atom. The van der Waals surface area contributed by atoms with Crippen LogP contribution in [0, 0.1) is 10.1 Å². The maximum absolute atomic E-state index is 11.9. The summed E-state index contributed by atoms with van der Waals surface area (Å²) in [5.74, 6) is -0.812. The van der Waals surface area contributed by atoms with Gasteiger partial charge in [-0.05, 0) is 24.1 Å². The Bertz CT molecular complexity index is 795. The number of carbonyl (C=O) groups excluding carboxylic acids is 2. The largest absolute Gasteiger partial charge is 0.465 e. The van der Waals surface area contributed by atoms with Crippen molar-refractivity contribution < 1.29 is 19.2 Å². The van der Waals surface area contributed by atoms with Crippen molar-refractivity contribution in [1.29, 1.82) is 0 Å². The molecule has 2 aromatic rings. The van der Waals surface area contributed by atoms with E-state index < -0.39 is 10.9 Å². The molecule has 1 amide bonds. The van der Waals surface area contributed by atoms with Gasteiger partial charge >= 0.3 is 5.97 Å². The monoisotopic (exact) mass is 374 g/mol. The summed E-state index contributed by atoms with van der Waals surface area (Å²) in [5.41, 5.74) is 0.986. The first kappa shape index (κ1) is 19.5. The summed E-state index contributed by atoms with van der Waals surface area (Å²) in [6.07, 6.45) is 0.714. The summed E-state index contributed by atoms with van der Waals surface area (Å²) in [7, 11) is 1.20. The Morgan fingerprint density at radius 3 is 2.58 bits per heavy atom. The van der Waals surface area contributed by atoms with Gasteiger partial charge in [0.05, 0.1) is 28.2 Å². The molecule has 0 fully saturated rings. The van der Waals surface area contributed by atoms with Crippen molar-refractivity contribution in [2.75, 3.05) is 19.4 Å². The minimum Gasteiger partial charge on any atom is -0.465 e. The van der Waals surface area contributed by atoms with Gasteiger partial charge in [0.2, 0.25) is 5.91 Å². The first-order valence-electron chi connectivity index (χ1n) is 7.81. The molecule has 0 saturated carbocycles. The highest BCUT2D eigenvalue weighted by Crippen LogP contribution is 2.30. The van der Waals surface area contributed by atoms with Crippen molar-refractivity contribution in [3.8, 4) is 0 Å². The Kier molecular flexibility index (Phi) is 7.16. The molecule has 0 aliphatic heterocycles. The molecule has 136 valence electrons. The number of benzene rings is 2. The molecule has 0 atom stereocenters. The van der Waals surface area contributed by atoms with Crippen LogP contribution in [-0.2, 0) is 16.0 Å². The van der Waals surface area contributed by atoms with Crippen molar-refractivity contribution in [2.45, 2.75) is 11.3 Å². The van der Waals surface area contributed by atoms with Crippen molar-refractivity contribution in [1.82, 2.24) is 5.32 Å². The fourth-order valence-corrected chi connectivity index (χ4v) is 3.05. The molecule has 0 saturated heterocycles. The lowest BCUT2D eigenvalue weighted by Gasteiger charge is -2.07. The van der Waals surface area contributed by atoms with Crippen LogP contribution in [0.3, 0.4) is 0 Å². The van der Waals surface area contributed by atoms with Gasteiger partial charge in [-0.15, -0.1) is 11.8 Å². The maximum Gasteiger partial charge on any atom is 0.338 e. The van der Waals surface area contributed by atoms with E-state index >= 15 is 0 Å². The molecule has 0 aliphatic rings. The summed E-state index contributed by atoms with van der Waals surface area (Å²) in [4.78, 5) is 34.4. The van der Waals surface area contributed by atoms with Crippen LogP contribution < -0.4 is 5.32 Å². The average molecular weight is 374 g/mol. The van der Waals surface area contributed by atoms with E-state index in [1.165, 1.54) is 19.2 Å². The SMILES string of the molecule is COC(=O)c1ccc(SCC(=O)NCCc2ccccc2)c([N+](=O)[O-])c1. The van der Waals surface area contributed by atoms with Gasteiger partial charge in [0.15, 0.2) is 0 Å². The van der Waals surface area contributed by atoms with E-state index in [9.17, 15) is 19.7 Å². The third-order valence-corrected chi connectivity index (χ3v) is 4.58. The van der Waals surface area contributed by atoms with Crippen molar-refractivity contribution in [3.05, 3.63) is 69.8 Å². The van der Waals surface area contributed by atoms with Gasteiger partial charge in [-0.2, -0.15) is 0 Å². The van der Waals surface area contributed by atoms with Gasteiger partial charge in [-0.3, -0.25) is 14.9 Å². The topological polar surface area (TPSA) is 98.5 Å². The first-order chi connectivity index (χ1) is 12.5. The molecule has 0 bridgehead atoms. The quantitative estimate of drug-likeness (QED) is 0.330. The molecule has 0 spiro atoms. The lowest BCUT2D eigenvalue weighted by molar-refractivity contribution is -0.387. The minimum absolute atomic E-state index is 0.0488. The van der Waals surface area contributed by atoms with Crippen molar-refractivity contribution >= 4 is 29.3 Å². The number of amides is 1. The van der Waals surface area contributed by atoms with Gasteiger partial charge in [0, 0.05) is 12.6 Å². The van der Waals surface area contributed by atoms with E-state index in [-0.39, 0.29) is 22.9 Å². The third kappa shape index (κ3) is 5.59. The molecule has 7 nitrogen and oxygen atoms in total. The summed E-state index contributed by atoms with van der Waals surface area (Å²) < 4.78 is 4.56. The molecule has 0 radical (unpaired) electrons. The number of nitrogens with one attached hydrogen (secondary N) is 1. The summed E-state index contributed by atoms with van der Waals surface area (Å²) in [6.45, 7) is 0.493.